The number of methoxy groups -OCH3 is 1. The summed E-state index contributed by atoms with van der Waals surface area (Å²) in [5, 5.41) is 0. The maximum atomic E-state index is 14.3. The van der Waals surface area contributed by atoms with E-state index in [9.17, 15) is 9.18 Å². The highest BCUT2D eigenvalue weighted by Crippen LogP contribution is 2.20. The molecule has 3 heterocycles. The summed E-state index contributed by atoms with van der Waals surface area (Å²) in [5.74, 6) is 0.984. The maximum absolute atomic E-state index is 14.3. The van der Waals surface area contributed by atoms with E-state index in [1.807, 2.05) is 4.90 Å². The molecule has 1 aliphatic heterocycles. The third kappa shape index (κ3) is 3.83. The number of carbonyl (C=O) groups is 1. The number of likely N-dealkylation sites (tertiary alicyclic amines) is 1. The molecule has 2 N–H and O–H groups in total. The van der Waals surface area contributed by atoms with Gasteiger partial charge in [-0.25, -0.2) is 19.2 Å². The van der Waals surface area contributed by atoms with Crippen LogP contribution in [0.15, 0.2) is 30.6 Å². The Labute approximate surface area is 154 Å². The topological polar surface area (TPSA) is 96.1 Å². The van der Waals surface area contributed by atoms with Crippen molar-refractivity contribution >= 4 is 17.0 Å². The molecule has 2 unspecified atom stereocenters. The molecule has 0 radical (unpaired) electrons. The maximum Gasteiger partial charge on any atom is 0.337 e. The van der Waals surface area contributed by atoms with Crippen LogP contribution in [0, 0.1) is 0 Å². The number of nitrogens with zero attached hydrogens (tertiary/aromatic N) is 3. The lowest BCUT2D eigenvalue weighted by Crippen LogP contribution is -2.24. The molecule has 8 nitrogen and oxygen atoms in total. The summed E-state index contributed by atoms with van der Waals surface area (Å²) < 4.78 is 24.7. The number of aromatic nitrogens is 4. The van der Waals surface area contributed by atoms with E-state index in [-0.39, 0.29) is 6.61 Å². The molecule has 2 aromatic heterocycles. The minimum Gasteiger partial charge on any atom is -0.465 e. The minimum atomic E-state index is -1.06. The van der Waals surface area contributed by atoms with Gasteiger partial charge in [0.15, 0.2) is 0 Å². The van der Waals surface area contributed by atoms with Crippen molar-refractivity contribution in [3.05, 3.63) is 47.8 Å². The molecule has 0 amide bonds. The van der Waals surface area contributed by atoms with Gasteiger partial charge in [0.2, 0.25) is 0 Å². The second-order valence-corrected chi connectivity index (χ2v) is 6.50. The molecule has 1 aliphatic rings. The lowest BCUT2D eigenvalue weighted by Gasteiger charge is -2.14. The Balaban J connectivity index is 1.37. The van der Waals surface area contributed by atoms with E-state index in [4.69, 9.17) is 9.47 Å². The fourth-order valence-corrected chi connectivity index (χ4v) is 3.25. The van der Waals surface area contributed by atoms with E-state index in [1.165, 1.54) is 7.11 Å². The van der Waals surface area contributed by atoms with Gasteiger partial charge in [0, 0.05) is 25.5 Å². The van der Waals surface area contributed by atoms with Crippen LogP contribution in [0.3, 0.4) is 0 Å². The van der Waals surface area contributed by atoms with E-state index in [1.54, 1.807) is 30.6 Å². The van der Waals surface area contributed by atoms with Crippen molar-refractivity contribution in [1.29, 1.82) is 0 Å². The smallest absolute Gasteiger partial charge is 0.337 e. The van der Waals surface area contributed by atoms with Gasteiger partial charge in [-0.15, -0.1) is 0 Å². The first-order chi connectivity index (χ1) is 13.1. The molecule has 4 rings (SSSR count). The average molecular weight is 373 g/mol. The van der Waals surface area contributed by atoms with Crippen molar-refractivity contribution in [2.75, 3.05) is 20.2 Å². The highest BCUT2D eigenvalue weighted by Gasteiger charge is 2.34. The van der Waals surface area contributed by atoms with Crippen molar-refractivity contribution < 1.29 is 18.7 Å². The summed E-state index contributed by atoms with van der Waals surface area (Å²) in [6, 6.07) is 5.07. The number of nitrogens with one attached hydrogen (secondary N) is 2. The first-order valence-corrected chi connectivity index (χ1v) is 8.65. The first kappa shape index (κ1) is 17.6. The van der Waals surface area contributed by atoms with Crippen LogP contribution in [0.2, 0.25) is 0 Å². The molecule has 3 aromatic rings. The number of imidazole rings is 2. The van der Waals surface area contributed by atoms with Gasteiger partial charge in [0.1, 0.15) is 30.5 Å². The summed E-state index contributed by atoms with van der Waals surface area (Å²) >= 11 is 0. The van der Waals surface area contributed by atoms with Crippen LogP contribution >= 0.6 is 0 Å². The summed E-state index contributed by atoms with van der Waals surface area (Å²) in [6.45, 7) is 1.54. The van der Waals surface area contributed by atoms with Crippen molar-refractivity contribution in [3.8, 4) is 0 Å². The number of ether oxygens (including phenoxy) is 2. The molecule has 9 heteroatoms. The quantitative estimate of drug-likeness (QED) is 0.640. The summed E-state index contributed by atoms with van der Waals surface area (Å²) in [4.78, 5) is 28.3. The Morgan fingerprint density at radius 2 is 2.26 bits per heavy atom. The van der Waals surface area contributed by atoms with Gasteiger partial charge >= 0.3 is 5.97 Å². The van der Waals surface area contributed by atoms with Crippen molar-refractivity contribution in [2.45, 2.75) is 25.4 Å². The molecule has 1 aromatic carbocycles. The van der Waals surface area contributed by atoms with Gasteiger partial charge in [0.05, 0.1) is 30.3 Å². The number of carbonyl (C=O) groups excluding carboxylic acids is 1. The van der Waals surface area contributed by atoms with E-state index in [2.05, 4.69) is 19.9 Å². The second kappa shape index (κ2) is 7.45. The number of H-pyrrole nitrogens is 2. The van der Waals surface area contributed by atoms with Gasteiger partial charge in [-0.3, -0.25) is 4.90 Å². The first-order valence-electron chi connectivity index (χ1n) is 8.65. The Hall–Kier alpha value is -2.78. The molecular formula is C18H20FN5O3. The molecule has 142 valence electrons. The van der Waals surface area contributed by atoms with Gasteiger partial charge < -0.3 is 19.4 Å². The molecule has 0 saturated carbocycles. The molecule has 1 fully saturated rings. The van der Waals surface area contributed by atoms with Crippen LogP contribution in [0.1, 0.15) is 22.0 Å². The zero-order valence-corrected chi connectivity index (χ0v) is 14.8. The molecule has 0 bridgehead atoms. The van der Waals surface area contributed by atoms with Crippen LogP contribution in [0.25, 0.3) is 11.0 Å². The van der Waals surface area contributed by atoms with E-state index in [0.717, 1.165) is 5.82 Å². The van der Waals surface area contributed by atoms with Crippen molar-refractivity contribution in [3.63, 3.8) is 0 Å². The Morgan fingerprint density at radius 3 is 3.04 bits per heavy atom. The molecule has 27 heavy (non-hydrogen) atoms. The summed E-state index contributed by atoms with van der Waals surface area (Å²) in [7, 11) is 1.34. The van der Waals surface area contributed by atoms with Crippen LogP contribution in [0.4, 0.5) is 4.39 Å². The lowest BCUT2D eigenvalue weighted by atomic mass is 10.2. The molecule has 0 spiro atoms. The molecule has 2 atom stereocenters. The third-order valence-electron chi connectivity index (χ3n) is 4.59. The lowest BCUT2D eigenvalue weighted by molar-refractivity contribution is 0.00859. The fourth-order valence-electron chi connectivity index (χ4n) is 3.25. The van der Waals surface area contributed by atoms with Crippen molar-refractivity contribution in [1.82, 2.24) is 24.8 Å². The largest absolute Gasteiger partial charge is 0.465 e. The zero-order chi connectivity index (χ0) is 18.8. The monoisotopic (exact) mass is 373 g/mol. The Bertz CT molecular complexity index is 926. The zero-order valence-electron chi connectivity index (χ0n) is 14.8. The number of alkyl halides is 1. The predicted molar refractivity (Wildman–Crippen MR) is 94.8 cm³/mol. The highest BCUT2D eigenvalue weighted by atomic mass is 19.1. The third-order valence-corrected chi connectivity index (χ3v) is 4.59. The fraction of sp³-hybridized carbons (Fsp3) is 0.389. The van der Waals surface area contributed by atoms with Gasteiger partial charge in [0.25, 0.3) is 0 Å². The number of rotatable bonds is 6. The van der Waals surface area contributed by atoms with Crippen molar-refractivity contribution in [2.24, 2.45) is 0 Å². The Kier molecular flexibility index (Phi) is 4.87. The second-order valence-electron chi connectivity index (χ2n) is 6.50. The van der Waals surface area contributed by atoms with Gasteiger partial charge in [-0.05, 0) is 18.2 Å². The number of aromatic amines is 2. The van der Waals surface area contributed by atoms with Crippen LogP contribution < -0.4 is 0 Å². The highest BCUT2D eigenvalue weighted by molar-refractivity contribution is 5.93. The number of benzene rings is 1. The number of fused-ring (bicyclic) bond motifs is 1. The SMILES string of the molecule is COC(=O)c1ccc2nc(COC3CN(Cc4ncc[nH]4)CC3F)[nH]c2c1. The van der Waals surface area contributed by atoms with Crippen LogP contribution in [-0.4, -0.2) is 63.3 Å². The van der Waals surface area contributed by atoms with E-state index >= 15 is 0 Å². The van der Waals surface area contributed by atoms with Gasteiger partial charge in [-0.1, -0.05) is 0 Å². The number of halogens is 1. The van der Waals surface area contributed by atoms with Crippen LogP contribution in [-0.2, 0) is 22.6 Å². The van der Waals surface area contributed by atoms with Gasteiger partial charge in [-0.2, -0.15) is 0 Å². The average Bonchev–Trinajstić information content (AvgIpc) is 3.39. The summed E-state index contributed by atoms with van der Waals surface area (Å²) in [6.07, 6.45) is 1.85. The van der Waals surface area contributed by atoms with E-state index < -0.39 is 18.2 Å². The Morgan fingerprint density at radius 1 is 1.37 bits per heavy atom. The standard InChI is InChI=1S/C18H20FN5O3/c1-26-18(25)11-2-3-13-14(6-11)23-17(22-13)10-27-15-8-24(7-12(15)19)9-16-20-4-5-21-16/h2-6,12,15H,7-10H2,1H3,(H,20,21)(H,22,23). The predicted octanol–water partition coefficient (Wildman–Crippen LogP) is 1.81. The molecule has 0 aliphatic carbocycles. The summed E-state index contributed by atoms with van der Waals surface area (Å²) in [5.41, 5.74) is 1.86. The normalized spacial score (nSPS) is 20.4. The van der Waals surface area contributed by atoms with Crippen LogP contribution in [0.5, 0.6) is 0 Å². The molecular weight excluding hydrogens is 353 g/mol. The number of hydrogen-bond donors (Lipinski definition) is 2. The minimum absolute atomic E-state index is 0.169. The number of hydrogen-bond acceptors (Lipinski definition) is 6. The number of esters is 1. The van der Waals surface area contributed by atoms with E-state index in [0.29, 0.717) is 42.1 Å². The molecule has 1 saturated heterocycles.